The minimum absolute atomic E-state index is 0.0359. The molecule has 0 fully saturated rings. The SMILES string of the molecule is CC(C)(C)Nc1ccc(C(=O)NCc2cccnc2)nc1. The summed E-state index contributed by atoms with van der Waals surface area (Å²) in [4.78, 5) is 20.2. The Labute approximate surface area is 124 Å². The number of rotatable bonds is 4. The summed E-state index contributed by atoms with van der Waals surface area (Å²) >= 11 is 0. The highest BCUT2D eigenvalue weighted by Gasteiger charge is 2.11. The molecule has 2 aromatic heterocycles. The molecular formula is C16H20N4O. The standard InChI is InChI=1S/C16H20N4O/c1-16(2,3)20-13-6-7-14(18-11-13)15(21)19-10-12-5-4-8-17-9-12/h4-9,11,20H,10H2,1-3H3,(H,19,21). The summed E-state index contributed by atoms with van der Waals surface area (Å²) < 4.78 is 0. The first kappa shape index (κ1) is 15.0. The van der Waals surface area contributed by atoms with Gasteiger partial charge in [0.05, 0.1) is 11.9 Å². The second-order valence-corrected chi connectivity index (χ2v) is 5.85. The molecule has 0 radical (unpaired) electrons. The van der Waals surface area contributed by atoms with Crippen molar-refractivity contribution in [3.8, 4) is 0 Å². The fourth-order valence-electron chi connectivity index (χ4n) is 1.81. The zero-order valence-corrected chi connectivity index (χ0v) is 12.6. The van der Waals surface area contributed by atoms with E-state index in [0.29, 0.717) is 12.2 Å². The Bertz CT molecular complexity index is 588. The van der Waals surface area contributed by atoms with Gasteiger partial charge in [0.15, 0.2) is 0 Å². The molecule has 0 atom stereocenters. The lowest BCUT2D eigenvalue weighted by molar-refractivity contribution is 0.0946. The van der Waals surface area contributed by atoms with Crippen molar-refractivity contribution in [2.45, 2.75) is 32.9 Å². The molecule has 1 amide bonds. The minimum Gasteiger partial charge on any atom is -0.379 e. The Morgan fingerprint density at radius 3 is 2.57 bits per heavy atom. The van der Waals surface area contributed by atoms with E-state index in [1.165, 1.54) is 0 Å². The maximum absolute atomic E-state index is 12.0. The van der Waals surface area contributed by atoms with E-state index in [2.05, 4.69) is 41.4 Å². The molecule has 0 spiro atoms. The predicted octanol–water partition coefficient (Wildman–Crippen LogP) is 2.62. The number of carbonyl (C=O) groups is 1. The Balaban J connectivity index is 1.94. The smallest absolute Gasteiger partial charge is 0.270 e. The molecule has 0 bridgehead atoms. The molecule has 0 aliphatic carbocycles. The zero-order chi connectivity index (χ0) is 15.3. The first-order valence-electron chi connectivity index (χ1n) is 6.85. The van der Waals surface area contributed by atoms with Crippen molar-refractivity contribution in [2.75, 3.05) is 5.32 Å². The zero-order valence-electron chi connectivity index (χ0n) is 12.6. The molecule has 110 valence electrons. The first-order valence-corrected chi connectivity index (χ1v) is 6.85. The number of amides is 1. The molecule has 2 aromatic rings. The van der Waals surface area contributed by atoms with Crippen molar-refractivity contribution in [1.82, 2.24) is 15.3 Å². The number of anilines is 1. The van der Waals surface area contributed by atoms with E-state index in [0.717, 1.165) is 11.3 Å². The molecule has 2 rings (SSSR count). The van der Waals surface area contributed by atoms with Crippen molar-refractivity contribution in [2.24, 2.45) is 0 Å². The molecule has 5 heteroatoms. The molecule has 2 N–H and O–H groups in total. The summed E-state index contributed by atoms with van der Waals surface area (Å²) in [6.07, 6.45) is 5.10. The van der Waals surface area contributed by atoms with Crippen molar-refractivity contribution in [1.29, 1.82) is 0 Å². The van der Waals surface area contributed by atoms with Gasteiger partial charge in [0.1, 0.15) is 5.69 Å². The lowest BCUT2D eigenvalue weighted by Crippen LogP contribution is -2.26. The molecule has 5 nitrogen and oxygen atoms in total. The van der Waals surface area contributed by atoms with Crippen LogP contribution in [0.15, 0.2) is 42.9 Å². The highest BCUT2D eigenvalue weighted by atomic mass is 16.1. The van der Waals surface area contributed by atoms with Crippen LogP contribution in [0.3, 0.4) is 0 Å². The first-order chi connectivity index (χ1) is 9.94. The molecule has 0 aliphatic heterocycles. The average Bonchev–Trinajstić information content (AvgIpc) is 2.45. The highest BCUT2D eigenvalue weighted by Crippen LogP contribution is 2.13. The van der Waals surface area contributed by atoms with E-state index in [1.807, 2.05) is 18.2 Å². The second kappa shape index (κ2) is 6.35. The molecule has 21 heavy (non-hydrogen) atoms. The number of hydrogen-bond donors (Lipinski definition) is 2. The van der Waals surface area contributed by atoms with Crippen LogP contribution in [0, 0.1) is 0 Å². The van der Waals surface area contributed by atoms with Crippen molar-refractivity contribution in [3.63, 3.8) is 0 Å². The van der Waals surface area contributed by atoms with Gasteiger partial charge >= 0.3 is 0 Å². The summed E-state index contributed by atoms with van der Waals surface area (Å²) in [5, 5.41) is 6.12. The summed E-state index contributed by atoms with van der Waals surface area (Å²) in [6.45, 7) is 6.65. The Hall–Kier alpha value is -2.43. The van der Waals surface area contributed by atoms with E-state index in [4.69, 9.17) is 0 Å². The van der Waals surface area contributed by atoms with Crippen LogP contribution in [0.2, 0.25) is 0 Å². The van der Waals surface area contributed by atoms with Gasteiger partial charge in [-0.1, -0.05) is 6.07 Å². The Morgan fingerprint density at radius 1 is 1.19 bits per heavy atom. The maximum atomic E-state index is 12.0. The van der Waals surface area contributed by atoms with Crippen LogP contribution in [0.4, 0.5) is 5.69 Å². The van der Waals surface area contributed by atoms with E-state index < -0.39 is 0 Å². The van der Waals surface area contributed by atoms with Crippen molar-refractivity contribution >= 4 is 11.6 Å². The molecule has 0 unspecified atom stereocenters. The molecule has 0 aromatic carbocycles. The Kier molecular flexibility index (Phi) is 4.52. The minimum atomic E-state index is -0.193. The Morgan fingerprint density at radius 2 is 2.00 bits per heavy atom. The van der Waals surface area contributed by atoms with Gasteiger partial charge in [-0.15, -0.1) is 0 Å². The van der Waals surface area contributed by atoms with Gasteiger partial charge in [0.25, 0.3) is 5.91 Å². The topological polar surface area (TPSA) is 66.9 Å². The fourth-order valence-corrected chi connectivity index (χ4v) is 1.81. The summed E-state index contributed by atoms with van der Waals surface area (Å²) in [5.41, 5.74) is 2.22. The van der Waals surface area contributed by atoms with Crippen LogP contribution in [-0.4, -0.2) is 21.4 Å². The number of carbonyl (C=O) groups excluding carboxylic acids is 1. The van der Waals surface area contributed by atoms with Crippen LogP contribution >= 0.6 is 0 Å². The van der Waals surface area contributed by atoms with E-state index in [9.17, 15) is 4.79 Å². The lowest BCUT2D eigenvalue weighted by atomic mass is 10.1. The number of nitrogens with zero attached hydrogens (tertiary/aromatic N) is 2. The molecule has 0 saturated carbocycles. The highest BCUT2D eigenvalue weighted by molar-refractivity contribution is 5.92. The van der Waals surface area contributed by atoms with Crippen LogP contribution in [0.1, 0.15) is 36.8 Å². The van der Waals surface area contributed by atoms with Crippen LogP contribution in [0.5, 0.6) is 0 Å². The predicted molar refractivity (Wildman–Crippen MR) is 83.0 cm³/mol. The summed E-state index contributed by atoms with van der Waals surface area (Å²) in [7, 11) is 0. The fraction of sp³-hybridized carbons (Fsp3) is 0.312. The third kappa shape index (κ3) is 4.87. The van der Waals surface area contributed by atoms with Crippen molar-refractivity contribution < 1.29 is 4.79 Å². The largest absolute Gasteiger partial charge is 0.379 e. The van der Waals surface area contributed by atoms with Gasteiger partial charge in [-0.25, -0.2) is 4.98 Å². The van der Waals surface area contributed by atoms with Gasteiger partial charge in [0, 0.05) is 24.5 Å². The van der Waals surface area contributed by atoms with Crippen LogP contribution < -0.4 is 10.6 Å². The van der Waals surface area contributed by atoms with Gasteiger partial charge < -0.3 is 10.6 Å². The molecule has 2 heterocycles. The number of hydrogen-bond acceptors (Lipinski definition) is 4. The quantitative estimate of drug-likeness (QED) is 0.905. The monoisotopic (exact) mass is 284 g/mol. The van der Waals surface area contributed by atoms with E-state index >= 15 is 0 Å². The molecular weight excluding hydrogens is 264 g/mol. The summed E-state index contributed by atoms with van der Waals surface area (Å²) in [6, 6.07) is 7.33. The van der Waals surface area contributed by atoms with Gasteiger partial charge in [0.2, 0.25) is 0 Å². The number of pyridine rings is 2. The summed E-state index contributed by atoms with van der Waals surface area (Å²) in [5.74, 6) is -0.193. The van der Waals surface area contributed by atoms with Crippen LogP contribution in [0.25, 0.3) is 0 Å². The average molecular weight is 284 g/mol. The number of nitrogens with one attached hydrogen (secondary N) is 2. The number of aromatic nitrogens is 2. The van der Waals surface area contributed by atoms with E-state index in [-0.39, 0.29) is 11.4 Å². The van der Waals surface area contributed by atoms with Crippen LogP contribution in [-0.2, 0) is 6.54 Å². The van der Waals surface area contributed by atoms with E-state index in [1.54, 1.807) is 24.7 Å². The van der Waals surface area contributed by atoms with Gasteiger partial charge in [-0.05, 0) is 44.5 Å². The van der Waals surface area contributed by atoms with Gasteiger partial charge in [-0.2, -0.15) is 0 Å². The maximum Gasteiger partial charge on any atom is 0.270 e. The third-order valence-electron chi connectivity index (χ3n) is 2.69. The molecule has 0 saturated heterocycles. The second-order valence-electron chi connectivity index (χ2n) is 5.85. The third-order valence-corrected chi connectivity index (χ3v) is 2.69. The molecule has 0 aliphatic rings. The van der Waals surface area contributed by atoms with Crippen molar-refractivity contribution in [3.05, 3.63) is 54.1 Å². The van der Waals surface area contributed by atoms with Gasteiger partial charge in [-0.3, -0.25) is 9.78 Å². The normalized spacial score (nSPS) is 11.0. The lowest BCUT2D eigenvalue weighted by Gasteiger charge is -2.21.